The van der Waals surface area contributed by atoms with Gasteiger partial charge in [-0.15, -0.1) is 0 Å². The highest BCUT2D eigenvalue weighted by Gasteiger charge is 2.32. The molecular formula is C26H32FN3O5S2. The van der Waals surface area contributed by atoms with E-state index in [0.717, 1.165) is 47.8 Å². The van der Waals surface area contributed by atoms with Crippen molar-refractivity contribution in [3.8, 4) is 16.2 Å². The number of aromatic nitrogens is 1. The Morgan fingerprint density at radius 2 is 1.97 bits per heavy atom. The number of benzene rings is 2. The van der Waals surface area contributed by atoms with Crippen LogP contribution < -0.4 is 14.8 Å². The number of rotatable bonds is 9. The summed E-state index contributed by atoms with van der Waals surface area (Å²) >= 11 is 1.45. The van der Waals surface area contributed by atoms with Gasteiger partial charge in [-0.25, -0.2) is 17.8 Å². The second-order valence-electron chi connectivity index (χ2n) is 9.57. The van der Waals surface area contributed by atoms with Crippen molar-refractivity contribution in [1.82, 2.24) is 4.98 Å². The summed E-state index contributed by atoms with van der Waals surface area (Å²) in [5.74, 6) is -0.231. The molecule has 1 aromatic heterocycles. The van der Waals surface area contributed by atoms with Gasteiger partial charge in [0.25, 0.3) is 10.0 Å². The molecule has 0 unspecified atom stereocenters. The third-order valence-electron chi connectivity index (χ3n) is 6.69. The van der Waals surface area contributed by atoms with Crippen LogP contribution in [0.5, 0.6) is 5.75 Å². The zero-order chi connectivity index (χ0) is 26.8. The molecular weight excluding hydrogens is 517 g/mol. The van der Waals surface area contributed by atoms with Gasteiger partial charge in [0.15, 0.2) is 5.13 Å². The third kappa shape index (κ3) is 5.90. The molecule has 11 heteroatoms. The fourth-order valence-electron chi connectivity index (χ4n) is 4.55. The molecule has 0 saturated carbocycles. The van der Waals surface area contributed by atoms with Crippen LogP contribution in [0, 0.1) is 18.7 Å². The molecule has 0 atom stereocenters. The van der Waals surface area contributed by atoms with Gasteiger partial charge in [-0.1, -0.05) is 23.5 Å². The van der Waals surface area contributed by atoms with Gasteiger partial charge in [0.1, 0.15) is 16.5 Å². The van der Waals surface area contributed by atoms with Gasteiger partial charge in [-0.3, -0.25) is 4.72 Å². The lowest BCUT2D eigenvalue weighted by molar-refractivity contribution is 0.0491. The number of aliphatic hydroxyl groups is 1. The molecule has 1 aliphatic heterocycles. The molecule has 0 bridgehead atoms. The lowest BCUT2D eigenvalue weighted by Crippen LogP contribution is -2.42. The van der Waals surface area contributed by atoms with Gasteiger partial charge in [0, 0.05) is 24.3 Å². The van der Waals surface area contributed by atoms with E-state index in [1.54, 1.807) is 12.1 Å². The fraction of sp³-hybridized carbons (Fsp3) is 0.423. The molecule has 3 N–H and O–H groups in total. The summed E-state index contributed by atoms with van der Waals surface area (Å²) in [7, 11) is -2.89. The second kappa shape index (κ2) is 10.9. The Morgan fingerprint density at radius 3 is 2.65 bits per heavy atom. The van der Waals surface area contributed by atoms with Crippen molar-refractivity contribution in [3.63, 3.8) is 0 Å². The Hall–Kier alpha value is -2.73. The minimum absolute atomic E-state index is 0.110. The fourth-order valence-corrected chi connectivity index (χ4v) is 6.98. The van der Waals surface area contributed by atoms with Crippen LogP contribution in [-0.2, 0) is 21.4 Å². The number of nitrogens with zero attached hydrogens (tertiary/aromatic N) is 1. The van der Waals surface area contributed by atoms with Crippen LogP contribution in [0.1, 0.15) is 37.9 Å². The van der Waals surface area contributed by atoms with Crippen molar-refractivity contribution in [2.45, 2.75) is 50.7 Å². The van der Waals surface area contributed by atoms with E-state index in [9.17, 15) is 17.9 Å². The van der Waals surface area contributed by atoms with Crippen LogP contribution in [-0.4, -0.2) is 44.4 Å². The maximum Gasteiger partial charge on any atom is 0.265 e. The first-order valence-electron chi connectivity index (χ1n) is 12.0. The Morgan fingerprint density at radius 1 is 1.24 bits per heavy atom. The molecule has 3 aromatic rings. The van der Waals surface area contributed by atoms with Crippen molar-refractivity contribution < 1.29 is 27.4 Å². The molecule has 4 rings (SSSR count). The highest BCUT2D eigenvalue weighted by atomic mass is 32.2. The van der Waals surface area contributed by atoms with E-state index in [-0.39, 0.29) is 27.4 Å². The molecule has 1 fully saturated rings. The molecule has 1 aliphatic rings. The highest BCUT2D eigenvalue weighted by molar-refractivity contribution is 7.92. The first-order chi connectivity index (χ1) is 17.6. The topological polar surface area (TPSA) is 110 Å². The Labute approximate surface area is 220 Å². The van der Waals surface area contributed by atoms with Gasteiger partial charge in [0.2, 0.25) is 0 Å². The molecule has 200 valence electrons. The van der Waals surface area contributed by atoms with Crippen molar-refractivity contribution in [3.05, 3.63) is 53.5 Å². The zero-order valence-electron chi connectivity index (χ0n) is 21.3. The minimum Gasteiger partial charge on any atom is -0.495 e. The lowest BCUT2D eigenvalue weighted by atomic mass is 9.82. The van der Waals surface area contributed by atoms with E-state index >= 15 is 0 Å². The Bertz CT molecular complexity index is 1370. The highest BCUT2D eigenvalue weighted by Crippen LogP contribution is 2.39. The van der Waals surface area contributed by atoms with Crippen molar-refractivity contribution in [1.29, 1.82) is 0 Å². The normalized spacial score (nSPS) is 15.0. The predicted octanol–water partition coefficient (Wildman–Crippen LogP) is 5.18. The number of nitrogens with one attached hydrogen (secondary N) is 2. The average molecular weight is 550 g/mol. The van der Waals surface area contributed by atoms with E-state index < -0.39 is 22.4 Å². The number of halogens is 1. The van der Waals surface area contributed by atoms with Crippen LogP contribution in [0.4, 0.5) is 15.2 Å². The molecule has 2 heterocycles. The number of anilines is 2. The Balaban J connectivity index is 1.66. The Kier molecular flexibility index (Phi) is 8.08. The molecule has 0 radical (unpaired) electrons. The van der Waals surface area contributed by atoms with Gasteiger partial charge in [-0.05, 0) is 69.4 Å². The quantitative estimate of drug-likeness (QED) is 0.338. The molecule has 1 saturated heterocycles. The molecule has 37 heavy (non-hydrogen) atoms. The predicted molar refractivity (Wildman–Crippen MR) is 143 cm³/mol. The van der Waals surface area contributed by atoms with Crippen LogP contribution >= 0.6 is 11.3 Å². The number of sulfonamides is 1. The number of hydrogen-bond donors (Lipinski definition) is 3. The van der Waals surface area contributed by atoms with E-state index in [1.807, 2.05) is 6.92 Å². The minimum atomic E-state index is -4.26. The lowest BCUT2D eigenvalue weighted by Gasteiger charge is -2.37. The van der Waals surface area contributed by atoms with E-state index in [2.05, 4.69) is 23.9 Å². The number of para-hydroxylation sites is 1. The van der Waals surface area contributed by atoms with Crippen LogP contribution in [0.15, 0.2) is 41.3 Å². The first-order valence-corrected chi connectivity index (χ1v) is 14.3. The summed E-state index contributed by atoms with van der Waals surface area (Å²) in [5, 5.41) is 13.9. The van der Waals surface area contributed by atoms with Crippen LogP contribution in [0.25, 0.3) is 10.4 Å². The number of thiazole rings is 1. The smallest absolute Gasteiger partial charge is 0.265 e. The van der Waals surface area contributed by atoms with Gasteiger partial charge < -0.3 is 19.9 Å². The van der Waals surface area contributed by atoms with Gasteiger partial charge in [0.05, 0.1) is 30.0 Å². The van der Waals surface area contributed by atoms with Crippen LogP contribution in [0.2, 0.25) is 0 Å². The van der Waals surface area contributed by atoms with E-state index in [0.29, 0.717) is 11.5 Å². The van der Waals surface area contributed by atoms with Gasteiger partial charge in [-0.2, -0.15) is 0 Å². The number of ether oxygens (including phenoxy) is 2. The summed E-state index contributed by atoms with van der Waals surface area (Å²) in [4.78, 5) is 5.37. The summed E-state index contributed by atoms with van der Waals surface area (Å²) < 4.78 is 54.3. The standard InChI is InChI=1S/C26H32FN3O5S2/c1-16-24(36-25(28-16)29-26(2,3)19-10-12-35-13-11-19)17-8-9-21(34-4)22(14-17)37(32,33)30-23-18(15-31)6-5-7-20(23)27/h5-9,14,19,30-31H,10-13,15H2,1-4H3,(H,28,29). The third-order valence-corrected chi connectivity index (χ3v) is 9.18. The summed E-state index contributed by atoms with van der Waals surface area (Å²) in [6.45, 7) is 7.18. The van der Waals surface area contributed by atoms with E-state index in [1.165, 1.54) is 36.6 Å². The summed E-state index contributed by atoms with van der Waals surface area (Å²) in [6, 6.07) is 8.81. The second-order valence-corrected chi connectivity index (χ2v) is 12.2. The van der Waals surface area contributed by atoms with E-state index in [4.69, 9.17) is 14.5 Å². The first kappa shape index (κ1) is 27.3. The van der Waals surface area contributed by atoms with Crippen molar-refractivity contribution in [2.24, 2.45) is 5.92 Å². The van der Waals surface area contributed by atoms with Gasteiger partial charge >= 0.3 is 0 Å². The molecule has 0 spiro atoms. The molecule has 0 aliphatic carbocycles. The average Bonchev–Trinajstić information content (AvgIpc) is 3.24. The monoisotopic (exact) mass is 549 g/mol. The number of aliphatic hydroxyl groups excluding tert-OH is 1. The molecule has 2 aromatic carbocycles. The maximum atomic E-state index is 14.4. The zero-order valence-corrected chi connectivity index (χ0v) is 22.9. The molecule has 0 amide bonds. The summed E-state index contributed by atoms with van der Waals surface area (Å²) in [5.41, 5.74) is 1.04. The number of aryl methyl sites for hydroxylation is 1. The van der Waals surface area contributed by atoms with Crippen molar-refractivity contribution >= 4 is 32.2 Å². The SMILES string of the molecule is COc1ccc(-c2sc(NC(C)(C)C3CCOCC3)nc2C)cc1S(=O)(=O)Nc1c(F)cccc1CO. The maximum absolute atomic E-state index is 14.4. The number of methoxy groups -OCH3 is 1. The molecule has 8 nitrogen and oxygen atoms in total. The summed E-state index contributed by atoms with van der Waals surface area (Å²) in [6.07, 6.45) is 1.95. The van der Waals surface area contributed by atoms with Crippen molar-refractivity contribution in [2.75, 3.05) is 30.4 Å². The largest absolute Gasteiger partial charge is 0.495 e. The van der Waals surface area contributed by atoms with Crippen LogP contribution in [0.3, 0.4) is 0 Å². The number of hydrogen-bond acceptors (Lipinski definition) is 8.